The number of nitrogens with zero attached hydrogens (tertiary/aromatic N) is 11. The molecule has 0 amide bonds. The van der Waals surface area contributed by atoms with E-state index in [0.717, 1.165) is 144 Å². The highest BCUT2D eigenvalue weighted by Crippen LogP contribution is 2.37. The number of ether oxygens (including phenoxy) is 1. The summed E-state index contributed by atoms with van der Waals surface area (Å²) in [5.74, 6) is 4.19. The number of carboxylic acids is 1. The lowest BCUT2D eigenvalue weighted by molar-refractivity contribution is 0.0565. The summed E-state index contributed by atoms with van der Waals surface area (Å²) in [6.45, 7) is 11.2. The first kappa shape index (κ1) is 77.7. The second-order valence-electron chi connectivity index (χ2n) is 27.9. The molecule has 0 radical (unpaired) electrons. The van der Waals surface area contributed by atoms with Crippen LogP contribution in [-0.4, -0.2) is 96.2 Å². The molecule has 0 aliphatic heterocycles. The Morgan fingerprint density at radius 1 is 0.345 bits per heavy atom. The maximum absolute atomic E-state index is 11.6. The van der Waals surface area contributed by atoms with E-state index in [1.165, 1.54) is 24.3 Å². The number of hydrogen-bond donors (Lipinski definition) is 2. The molecule has 0 unspecified atom stereocenters. The van der Waals surface area contributed by atoms with Crippen molar-refractivity contribution in [1.29, 1.82) is 0 Å². The lowest BCUT2D eigenvalue weighted by atomic mass is 10.2. The molecule has 119 heavy (non-hydrogen) atoms. The zero-order chi connectivity index (χ0) is 81.6. The average Bonchev–Trinajstić information content (AvgIpc) is 1.65. The van der Waals surface area contributed by atoms with Crippen LogP contribution in [0, 0.1) is 6.92 Å². The Morgan fingerprint density at radius 3 is 1.02 bits per heavy atom. The standard InChI is InChI=1S/C23H25N3O.C20H16N2O3.C19H16N2O.C18H12N2O3.C18H14N2O2/c1-3-25(4-2)17-19-14-15-22(27-19)23-20-12-8-9-13-21(20)26(24-23)16-18-10-6-5-7-11-18;1-24-20(23)18-12-11-17(25-18)19-15-9-5-6-10-16(15)22(21-19)13-14-7-3-2-4-8-14;1-14-11-12-18(22-14)19-16-9-5-6-10-17(16)21(20-19)13-15-7-3-2-4-8-15;21-18(22)16-11-10-15(23-16)17-13-8-4-5-9-14(13)20(19-17)12-6-2-1-3-7-12;21-12-14-10-11-17(22-14)18-15-8-4-5-9-16(15)20(19-18)13-6-2-1-3-7-13/h5-15H,3-4,16-17H2,1-2H3;2-12H,13H2,1H3;2-12H,13H2,1H3;1-11H,(H,21,22);1-11,21H,12H2. The molecule has 21 heteroatoms. The quantitative estimate of drug-likeness (QED) is 0.0674. The van der Waals surface area contributed by atoms with Crippen molar-refractivity contribution in [3.63, 3.8) is 0 Å². The summed E-state index contributed by atoms with van der Waals surface area (Å²) >= 11 is 0. The molecule has 0 saturated heterocycles. The van der Waals surface area contributed by atoms with Crippen LogP contribution in [0.4, 0.5) is 0 Å². The summed E-state index contributed by atoms with van der Waals surface area (Å²) in [5.41, 5.74) is 14.7. The van der Waals surface area contributed by atoms with Gasteiger partial charge in [-0.15, -0.1) is 0 Å². The third-order valence-corrected chi connectivity index (χ3v) is 20.1. The second kappa shape index (κ2) is 36.1. The number of rotatable bonds is 20. The molecular weight excluding hydrogens is 1490 g/mol. The van der Waals surface area contributed by atoms with Crippen molar-refractivity contribution in [1.82, 2.24) is 53.8 Å². The largest absolute Gasteiger partial charge is 0.475 e. The molecule has 20 aromatic rings. The van der Waals surface area contributed by atoms with E-state index in [0.29, 0.717) is 41.0 Å². The Bertz CT molecular complexity index is 6780. The minimum atomic E-state index is -1.09. The van der Waals surface area contributed by atoms with Crippen molar-refractivity contribution in [2.45, 2.75) is 53.6 Å². The van der Waals surface area contributed by atoms with Crippen molar-refractivity contribution in [2.24, 2.45) is 0 Å². The summed E-state index contributed by atoms with van der Waals surface area (Å²) < 4.78 is 43.1. The minimum Gasteiger partial charge on any atom is -0.475 e. The highest BCUT2D eigenvalue weighted by molar-refractivity contribution is 5.97. The number of methoxy groups -OCH3 is 1. The first-order chi connectivity index (χ1) is 58.4. The molecule has 21 nitrogen and oxygen atoms in total. The number of esters is 1. The van der Waals surface area contributed by atoms with Gasteiger partial charge in [-0.25, -0.2) is 19.0 Å². The molecule has 0 bridgehead atoms. The normalized spacial score (nSPS) is 11.1. The lowest BCUT2D eigenvalue weighted by Gasteiger charge is -2.15. The van der Waals surface area contributed by atoms with Crippen LogP contribution in [0.5, 0.6) is 0 Å². The number of aromatic nitrogens is 10. The van der Waals surface area contributed by atoms with Gasteiger partial charge in [0.2, 0.25) is 11.5 Å². The Balaban J connectivity index is 0.000000111. The molecule has 0 spiro atoms. The zero-order valence-corrected chi connectivity index (χ0v) is 65.8. The molecule has 0 aliphatic carbocycles. The molecule has 10 heterocycles. The van der Waals surface area contributed by atoms with Crippen LogP contribution < -0.4 is 0 Å². The fourth-order valence-corrected chi connectivity index (χ4v) is 14.3. The number of para-hydroxylation sites is 7. The Kier molecular flexibility index (Phi) is 23.6. The first-order valence-corrected chi connectivity index (χ1v) is 39.1. The van der Waals surface area contributed by atoms with Crippen LogP contribution in [0.15, 0.2) is 356 Å². The van der Waals surface area contributed by atoms with E-state index in [-0.39, 0.29) is 18.1 Å². The maximum atomic E-state index is 11.6. The van der Waals surface area contributed by atoms with Crippen molar-refractivity contribution < 1.29 is 46.6 Å². The summed E-state index contributed by atoms with van der Waals surface area (Å²) in [6, 6.07) is 109. The molecular formula is C98H83N11O10. The van der Waals surface area contributed by atoms with Gasteiger partial charge in [-0.1, -0.05) is 232 Å². The number of aryl methyl sites for hydroxylation is 1. The highest BCUT2D eigenvalue weighted by atomic mass is 16.5. The molecule has 0 fully saturated rings. The predicted octanol–water partition coefficient (Wildman–Crippen LogP) is 21.7. The van der Waals surface area contributed by atoms with Crippen LogP contribution in [0.1, 0.15) is 68.9 Å². The van der Waals surface area contributed by atoms with Gasteiger partial charge in [0, 0.05) is 26.9 Å². The third-order valence-electron chi connectivity index (χ3n) is 20.1. The number of carboxylic acid groups (broad SMARTS) is 1. The van der Waals surface area contributed by atoms with Gasteiger partial charge < -0.3 is 37.0 Å². The predicted molar refractivity (Wildman–Crippen MR) is 462 cm³/mol. The van der Waals surface area contributed by atoms with Crippen LogP contribution in [0.2, 0.25) is 0 Å². The van der Waals surface area contributed by atoms with E-state index in [1.54, 1.807) is 24.3 Å². The van der Waals surface area contributed by atoms with Crippen LogP contribution in [0.3, 0.4) is 0 Å². The number of aliphatic hydroxyl groups is 1. The van der Waals surface area contributed by atoms with E-state index in [2.05, 4.69) is 132 Å². The van der Waals surface area contributed by atoms with Gasteiger partial charge in [0.25, 0.3) is 0 Å². The molecule has 0 atom stereocenters. The average molecular weight is 1570 g/mol. The van der Waals surface area contributed by atoms with E-state index in [9.17, 15) is 14.7 Å². The summed E-state index contributed by atoms with van der Waals surface area (Å²) in [7, 11) is 1.33. The van der Waals surface area contributed by atoms with E-state index < -0.39 is 11.9 Å². The Hall–Kier alpha value is -15.2. The summed E-state index contributed by atoms with van der Waals surface area (Å²) in [6.07, 6.45) is 0. The summed E-state index contributed by atoms with van der Waals surface area (Å²) in [5, 5.41) is 47.1. The topological polar surface area (TPSA) is 242 Å². The molecule has 10 aromatic carbocycles. The molecule has 0 aliphatic rings. The van der Waals surface area contributed by atoms with Gasteiger partial charge in [-0.05, 0) is 152 Å². The maximum Gasteiger partial charge on any atom is 0.373 e. The fraction of sp³-hybridized carbons (Fsp3) is 0.112. The van der Waals surface area contributed by atoms with Gasteiger partial charge in [0.1, 0.15) is 52.4 Å². The highest BCUT2D eigenvalue weighted by Gasteiger charge is 2.23. The number of fused-ring (bicyclic) bond motifs is 5. The number of carbonyl (C=O) groups is 2. The number of hydrogen-bond acceptors (Lipinski definition) is 15. The number of aliphatic hydroxyl groups excluding tert-OH is 1. The molecule has 10 aromatic heterocycles. The zero-order valence-electron chi connectivity index (χ0n) is 65.8. The van der Waals surface area contributed by atoms with E-state index in [1.807, 2.05) is 226 Å². The number of aromatic carboxylic acids is 1. The van der Waals surface area contributed by atoms with Crippen molar-refractivity contribution >= 4 is 66.5 Å². The Labute approximate surface area is 684 Å². The molecule has 20 rings (SSSR count). The van der Waals surface area contributed by atoms with Gasteiger partial charge in [-0.2, -0.15) is 25.5 Å². The lowest BCUT2D eigenvalue weighted by Crippen LogP contribution is -2.21. The second-order valence-corrected chi connectivity index (χ2v) is 27.9. The van der Waals surface area contributed by atoms with Gasteiger partial charge >= 0.3 is 11.9 Å². The van der Waals surface area contributed by atoms with Gasteiger partial charge in [-0.3, -0.25) is 18.9 Å². The smallest absolute Gasteiger partial charge is 0.373 e. The Morgan fingerprint density at radius 2 is 0.655 bits per heavy atom. The van der Waals surface area contributed by atoms with Crippen molar-refractivity contribution in [3.05, 3.63) is 379 Å². The van der Waals surface area contributed by atoms with Gasteiger partial charge in [0.05, 0.1) is 72.2 Å². The number of furan rings is 5. The molecule has 590 valence electrons. The van der Waals surface area contributed by atoms with Crippen LogP contribution in [-0.2, 0) is 37.5 Å². The molecule has 2 N–H and O–H groups in total. The van der Waals surface area contributed by atoms with Gasteiger partial charge in [0.15, 0.2) is 28.8 Å². The van der Waals surface area contributed by atoms with E-state index >= 15 is 0 Å². The SMILES string of the molecule is CCN(CC)Cc1ccc(-c2nn(Cc3ccccc3)c3ccccc23)o1.COC(=O)c1ccc(-c2nn(Cc3ccccc3)c3ccccc23)o1.Cc1ccc(-c2nn(Cc3ccccc3)c3ccccc23)o1.O=C(O)c1ccc(-c2nn(-c3ccccc3)c3ccccc23)o1.OCc1ccc(-c2nn(-c3ccccc3)c3ccccc23)o1. The fourth-order valence-electron chi connectivity index (χ4n) is 14.3. The first-order valence-electron chi connectivity index (χ1n) is 39.1. The number of carbonyl (C=O) groups excluding carboxylic acids is 1. The summed E-state index contributed by atoms with van der Waals surface area (Å²) in [4.78, 5) is 25.0. The van der Waals surface area contributed by atoms with Crippen LogP contribution in [0.25, 0.3) is 123 Å². The van der Waals surface area contributed by atoms with E-state index in [4.69, 9.17) is 52.3 Å². The third kappa shape index (κ3) is 17.4. The van der Waals surface area contributed by atoms with Crippen LogP contribution >= 0.6 is 0 Å². The van der Waals surface area contributed by atoms with Crippen molar-refractivity contribution in [3.8, 4) is 68.6 Å². The van der Waals surface area contributed by atoms with Crippen molar-refractivity contribution in [2.75, 3.05) is 20.2 Å². The molecule has 0 saturated carbocycles. The monoisotopic (exact) mass is 1570 g/mol. The number of benzene rings is 10. The minimum absolute atomic E-state index is 0.0988.